The van der Waals surface area contributed by atoms with Crippen LogP contribution >= 0.6 is 0 Å². The van der Waals surface area contributed by atoms with E-state index in [0.717, 1.165) is 0 Å². The van der Waals surface area contributed by atoms with Gasteiger partial charge >= 0.3 is 0 Å². The number of rotatable bonds is 7. The van der Waals surface area contributed by atoms with Crippen LogP contribution in [0.5, 0.6) is 0 Å². The molecule has 0 unspecified atom stereocenters. The van der Waals surface area contributed by atoms with Gasteiger partial charge in [-0.15, -0.1) is 0 Å². The van der Waals surface area contributed by atoms with Crippen molar-refractivity contribution in [2.75, 3.05) is 16.8 Å². The van der Waals surface area contributed by atoms with Crippen LogP contribution in [0.25, 0.3) is 0 Å². The number of anilines is 1. The summed E-state index contributed by atoms with van der Waals surface area (Å²) in [6.07, 6.45) is 0.556. The van der Waals surface area contributed by atoms with E-state index < -0.39 is 9.84 Å². The van der Waals surface area contributed by atoms with Crippen molar-refractivity contribution in [1.29, 1.82) is 5.26 Å². The van der Waals surface area contributed by atoms with E-state index in [4.69, 9.17) is 5.26 Å². The van der Waals surface area contributed by atoms with Gasteiger partial charge in [-0.1, -0.05) is 13.8 Å². The Bertz CT molecular complexity index is 613. The van der Waals surface area contributed by atoms with Gasteiger partial charge in [0.05, 0.1) is 23.1 Å². The van der Waals surface area contributed by atoms with E-state index >= 15 is 0 Å². The van der Waals surface area contributed by atoms with Crippen LogP contribution in [0.3, 0.4) is 0 Å². The van der Waals surface area contributed by atoms with E-state index in [1.807, 2.05) is 19.9 Å². The first-order valence-corrected chi connectivity index (χ1v) is 8.65. The van der Waals surface area contributed by atoms with Gasteiger partial charge in [0.15, 0.2) is 9.84 Å². The number of nitriles is 1. The largest absolute Gasteiger partial charge is 0.326 e. The first-order valence-electron chi connectivity index (χ1n) is 6.83. The molecule has 0 fully saturated rings. The summed E-state index contributed by atoms with van der Waals surface area (Å²) in [4.78, 5) is 11.7. The Hall–Kier alpha value is -1.87. The first-order chi connectivity index (χ1) is 9.82. The molecule has 0 heterocycles. The van der Waals surface area contributed by atoms with Crippen molar-refractivity contribution in [3.05, 3.63) is 29.8 Å². The summed E-state index contributed by atoms with van der Waals surface area (Å²) >= 11 is 0. The van der Waals surface area contributed by atoms with Gasteiger partial charge in [0.1, 0.15) is 0 Å². The number of carbonyl (C=O) groups is 1. The molecule has 0 saturated heterocycles. The van der Waals surface area contributed by atoms with Crippen molar-refractivity contribution in [3.63, 3.8) is 0 Å². The lowest BCUT2D eigenvalue weighted by Gasteiger charge is -2.07. The Kier molecular flexibility index (Phi) is 6.38. The zero-order valence-corrected chi connectivity index (χ0v) is 13.1. The average Bonchev–Trinajstić information content (AvgIpc) is 2.44. The Morgan fingerprint density at radius 1 is 1.24 bits per heavy atom. The summed E-state index contributed by atoms with van der Waals surface area (Å²) < 4.78 is 23.5. The molecule has 0 aliphatic rings. The van der Waals surface area contributed by atoms with Gasteiger partial charge in [0.2, 0.25) is 5.91 Å². The van der Waals surface area contributed by atoms with Crippen LogP contribution in [0.1, 0.15) is 32.3 Å². The molecule has 1 aromatic rings. The second-order valence-electron chi connectivity index (χ2n) is 5.32. The fraction of sp³-hybridized carbons (Fsp3) is 0.467. The highest BCUT2D eigenvalue weighted by Gasteiger charge is 2.14. The maximum Gasteiger partial charge on any atom is 0.225 e. The lowest BCUT2D eigenvalue weighted by atomic mass is 10.2. The Morgan fingerprint density at radius 2 is 1.86 bits per heavy atom. The first kappa shape index (κ1) is 17.2. The maximum atomic E-state index is 11.8. The number of nitrogens with zero attached hydrogens (tertiary/aromatic N) is 1. The van der Waals surface area contributed by atoms with Crippen LogP contribution in [0.15, 0.2) is 24.3 Å². The van der Waals surface area contributed by atoms with Gasteiger partial charge in [-0.05, 0) is 36.6 Å². The van der Waals surface area contributed by atoms with Crippen molar-refractivity contribution < 1.29 is 13.2 Å². The minimum atomic E-state index is -3.18. The van der Waals surface area contributed by atoms with Crippen molar-refractivity contribution in [2.45, 2.75) is 26.7 Å². The van der Waals surface area contributed by atoms with Gasteiger partial charge in [0.25, 0.3) is 0 Å². The molecule has 6 heteroatoms. The Labute approximate surface area is 125 Å². The summed E-state index contributed by atoms with van der Waals surface area (Å²) in [5.74, 6) is -0.0310. The molecule has 1 amide bonds. The summed E-state index contributed by atoms with van der Waals surface area (Å²) in [6.45, 7) is 3.93. The highest BCUT2D eigenvalue weighted by molar-refractivity contribution is 7.91. The van der Waals surface area contributed by atoms with Crippen molar-refractivity contribution in [3.8, 4) is 6.07 Å². The molecule has 114 valence electrons. The number of benzene rings is 1. The van der Waals surface area contributed by atoms with Crippen LogP contribution in [-0.2, 0) is 14.6 Å². The molecule has 5 nitrogen and oxygen atoms in total. The van der Waals surface area contributed by atoms with Crippen LogP contribution in [0.2, 0.25) is 0 Å². The minimum Gasteiger partial charge on any atom is -0.326 e. The molecule has 0 bridgehead atoms. The third kappa shape index (κ3) is 6.91. The number of carbonyl (C=O) groups excluding carboxylic acids is 1. The van der Waals surface area contributed by atoms with Crippen LogP contribution in [0, 0.1) is 17.2 Å². The number of amides is 1. The molecule has 0 aromatic heterocycles. The standard InChI is InChI=1S/C15H20N2O3S/c1-12(2)7-9-21(19,20)10-8-15(18)17-14-5-3-13(11-16)4-6-14/h3-6,12H,7-10H2,1-2H3,(H,17,18). The third-order valence-corrected chi connectivity index (χ3v) is 4.63. The van der Waals surface area contributed by atoms with Gasteiger partial charge < -0.3 is 5.32 Å². The molecule has 0 saturated carbocycles. The quantitative estimate of drug-likeness (QED) is 0.837. The van der Waals surface area contributed by atoms with E-state index in [1.54, 1.807) is 24.3 Å². The minimum absolute atomic E-state index is 0.0551. The molecule has 0 spiro atoms. The average molecular weight is 308 g/mol. The van der Waals surface area contributed by atoms with Crippen molar-refractivity contribution >= 4 is 21.4 Å². The predicted octanol–water partition coefficient (Wildman–Crippen LogP) is 2.35. The molecular formula is C15H20N2O3S. The SMILES string of the molecule is CC(C)CCS(=O)(=O)CCC(=O)Nc1ccc(C#N)cc1. The van der Waals surface area contributed by atoms with Crippen LogP contribution in [-0.4, -0.2) is 25.8 Å². The van der Waals surface area contributed by atoms with E-state index in [-0.39, 0.29) is 23.8 Å². The van der Waals surface area contributed by atoms with Crippen molar-refractivity contribution in [1.82, 2.24) is 0 Å². The second-order valence-corrected chi connectivity index (χ2v) is 7.63. The topological polar surface area (TPSA) is 87.0 Å². The molecule has 0 aliphatic carbocycles. The predicted molar refractivity (Wildman–Crippen MR) is 82.5 cm³/mol. The van der Waals surface area contributed by atoms with Crippen molar-refractivity contribution in [2.24, 2.45) is 5.92 Å². The fourth-order valence-electron chi connectivity index (χ4n) is 1.62. The fourth-order valence-corrected chi connectivity index (χ4v) is 3.15. The highest BCUT2D eigenvalue weighted by atomic mass is 32.2. The lowest BCUT2D eigenvalue weighted by molar-refractivity contribution is -0.115. The number of sulfone groups is 1. The van der Waals surface area contributed by atoms with E-state index in [1.165, 1.54) is 0 Å². The second kappa shape index (κ2) is 7.79. The summed E-state index contributed by atoms with van der Waals surface area (Å²) in [5, 5.41) is 11.3. The molecule has 21 heavy (non-hydrogen) atoms. The third-order valence-electron chi connectivity index (χ3n) is 2.94. The number of hydrogen-bond acceptors (Lipinski definition) is 4. The normalized spacial score (nSPS) is 11.1. The summed E-state index contributed by atoms with van der Waals surface area (Å²) in [6, 6.07) is 8.40. The molecule has 0 atom stereocenters. The van der Waals surface area contributed by atoms with Gasteiger partial charge in [0, 0.05) is 12.1 Å². The van der Waals surface area contributed by atoms with Crippen LogP contribution in [0.4, 0.5) is 5.69 Å². The summed E-state index contributed by atoms with van der Waals surface area (Å²) in [5.41, 5.74) is 1.06. The lowest BCUT2D eigenvalue weighted by Crippen LogP contribution is -2.19. The van der Waals surface area contributed by atoms with E-state index in [9.17, 15) is 13.2 Å². The molecule has 1 N–H and O–H groups in total. The zero-order chi connectivity index (χ0) is 15.9. The maximum absolute atomic E-state index is 11.8. The van der Waals surface area contributed by atoms with Gasteiger partial charge in [-0.3, -0.25) is 4.79 Å². The summed E-state index contributed by atoms with van der Waals surface area (Å²) in [7, 11) is -3.18. The van der Waals surface area contributed by atoms with Crippen LogP contribution < -0.4 is 5.32 Å². The Morgan fingerprint density at radius 3 is 2.38 bits per heavy atom. The number of nitrogens with one attached hydrogen (secondary N) is 1. The smallest absolute Gasteiger partial charge is 0.225 e. The molecule has 0 radical (unpaired) electrons. The highest BCUT2D eigenvalue weighted by Crippen LogP contribution is 2.10. The van der Waals surface area contributed by atoms with Gasteiger partial charge in [-0.25, -0.2) is 8.42 Å². The molecule has 0 aliphatic heterocycles. The number of hydrogen-bond donors (Lipinski definition) is 1. The van der Waals surface area contributed by atoms with E-state index in [0.29, 0.717) is 23.6 Å². The molecule has 1 rings (SSSR count). The monoisotopic (exact) mass is 308 g/mol. The molecule has 1 aromatic carbocycles. The van der Waals surface area contributed by atoms with Gasteiger partial charge in [-0.2, -0.15) is 5.26 Å². The molecular weight excluding hydrogens is 288 g/mol. The Balaban J connectivity index is 2.45. The van der Waals surface area contributed by atoms with E-state index in [2.05, 4.69) is 5.32 Å². The zero-order valence-electron chi connectivity index (χ0n) is 12.3.